The number of nitrogens with one attached hydrogen (secondary N) is 2. The maximum absolute atomic E-state index is 11.8. The Bertz CT molecular complexity index is 1260. The van der Waals surface area contributed by atoms with Gasteiger partial charge in [-0.2, -0.15) is 0 Å². The molecule has 2 aromatic carbocycles. The van der Waals surface area contributed by atoms with E-state index >= 15 is 0 Å². The van der Waals surface area contributed by atoms with Crippen molar-refractivity contribution < 1.29 is 4.79 Å². The summed E-state index contributed by atoms with van der Waals surface area (Å²) >= 11 is 0. The van der Waals surface area contributed by atoms with E-state index in [0.717, 1.165) is 33.5 Å². The van der Waals surface area contributed by atoms with Crippen molar-refractivity contribution in [1.29, 1.82) is 5.41 Å². The fourth-order valence-electron chi connectivity index (χ4n) is 3.57. The number of fused-ring (bicyclic) bond motifs is 1. The number of hydrogen-bond donors (Lipinski definition) is 3. The van der Waals surface area contributed by atoms with E-state index in [-0.39, 0.29) is 18.0 Å². The van der Waals surface area contributed by atoms with Crippen LogP contribution in [0, 0.1) is 5.41 Å². The van der Waals surface area contributed by atoms with Gasteiger partial charge in [0.05, 0.1) is 29.8 Å². The molecule has 2 heterocycles. The first-order valence-corrected chi connectivity index (χ1v) is 10.4. The Labute approximate surface area is 186 Å². The molecule has 4 aromatic rings. The highest BCUT2D eigenvalue weighted by Crippen LogP contribution is 2.21. The van der Waals surface area contributed by atoms with Crippen molar-refractivity contribution in [2.75, 3.05) is 5.32 Å². The number of anilines is 1. The number of carbonyl (C=O) groups excluding carboxylic acids is 1. The van der Waals surface area contributed by atoms with Gasteiger partial charge in [0.1, 0.15) is 11.6 Å². The van der Waals surface area contributed by atoms with E-state index in [1.54, 1.807) is 12.4 Å². The molecule has 0 aliphatic rings. The van der Waals surface area contributed by atoms with Gasteiger partial charge >= 0.3 is 0 Å². The zero-order chi connectivity index (χ0) is 22.5. The summed E-state index contributed by atoms with van der Waals surface area (Å²) in [5.41, 5.74) is 10.3. The number of aryl methyl sites for hydroxylation is 2. The summed E-state index contributed by atoms with van der Waals surface area (Å²) in [6.45, 7) is 0.522. The van der Waals surface area contributed by atoms with Gasteiger partial charge < -0.3 is 15.6 Å². The summed E-state index contributed by atoms with van der Waals surface area (Å²) in [7, 11) is 2.00. The first-order valence-electron chi connectivity index (χ1n) is 10.4. The maximum Gasteiger partial charge on any atom is 0.222 e. The van der Waals surface area contributed by atoms with Crippen LogP contribution >= 0.6 is 0 Å². The van der Waals surface area contributed by atoms with Gasteiger partial charge in [0.15, 0.2) is 0 Å². The Hall–Kier alpha value is -4.07. The predicted octanol–water partition coefficient (Wildman–Crippen LogP) is 3.47. The minimum Gasteiger partial charge on any atom is -0.387 e. The molecule has 0 aliphatic carbocycles. The van der Waals surface area contributed by atoms with Gasteiger partial charge in [0.2, 0.25) is 5.95 Å². The van der Waals surface area contributed by atoms with E-state index in [1.165, 1.54) is 0 Å². The molecule has 4 rings (SSSR count). The second-order valence-electron chi connectivity index (χ2n) is 7.67. The van der Waals surface area contributed by atoms with Gasteiger partial charge in [0, 0.05) is 31.4 Å². The lowest BCUT2D eigenvalue weighted by atomic mass is 10.0. The third-order valence-electron chi connectivity index (χ3n) is 5.28. The largest absolute Gasteiger partial charge is 0.387 e. The van der Waals surface area contributed by atoms with Crippen molar-refractivity contribution in [3.63, 3.8) is 0 Å². The standard InChI is InChI=1S/C24H25N7O/c1-31-21-8-3-2-7-20(21)30-23(31)15-29-24-27-13-18(14-28-24)17-6-4-5-16(11-17)9-10-19(32)12-22(25)26/h2-8,11,13-14H,9-10,12,15H2,1H3,(H3,25,26)(H,27,28,29). The average Bonchev–Trinajstić information content (AvgIpc) is 3.12. The van der Waals surface area contributed by atoms with Gasteiger partial charge in [-0.1, -0.05) is 36.4 Å². The van der Waals surface area contributed by atoms with Crippen molar-refractivity contribution in [3.05, 3.63) is 72.3 Å². The zero-order valence-electron chi connectivity index (χ0n) is 17.9. The zero-order valence-corrected chi connectivity index (χ0v) is 17.9. The molecular weight excluding hydrogens is 402 g/mol. The number of rotatable bonds is 9. The minimum absolute atomic E-state index is 0.0102. The molecular formula is C24H25N7O. The quantitative estimate of drug-likeness (QED) is 0.278. The van der Waals surface area contributed by atoms with Crippen LogP contribution in [0.1, 0.15) is 24.2 Å². The molecule has 32 heavy (non-hydrogen) atoms. The summed E-state index contributed by atoms with van der Waals surface area (Å²) in [5, 5.41) is 10.4. The monoisotopic (exact) mass is 427 g/mol. The molecule has 0 bridgehead atoms. The number of nitrogens with zero attached hydrogens (tertiary/aromatic N) is 4. The van der Waals surface area contributed by atoms with Crippen LogP contribution < -0.4 is 11.1 Å². The predicted molar refractivity (Wildman–Crippen MR) is 125 cm³/mol. The lowest BCUT2D eigenvalue weighted by molar-refractivity contribution is -0.117. The highest BCUT2D eigenvalue weighted by atomic mass is 16.1. The summed E-state index contributed by atoms with van der Waals surface area (Å²) in [5.74, 6) is 1.32. The van der Waals surface area contributed by atoms with E-state index in [4.69, 9.17) is 11.1 Å². The Morgan fingerprint density at radius 3 is 2.62 bits per heavy atom. The minimum atomic E-state index is -0.0919. The van der Waals surface area contributed by atoms with Crippen LogP contribution in [-0.2, 0) is 24.8 Å². The average molecular weight is 428 g/mol. The van der Waals surface area contributed by atoms with E-state index < -0.39 is 0 Å². The van der Waals surface area contributed by atoms with Gasteiger partial charge in [-0.15, -0.1) is 0 Å². The van der Waals surface area contributed by atoms with Gasteiger partial charge in [-0.3, -0.25) is 10.2 Å². The van der Waals surface area contributed by atoms with Crippen molar-refractivity contribution in [2.45, 2.75) is 25.8 Å². The number of carbonyl (C=O) groups is 1. The van der Waals surface area contributed by atoms with Crippen LogP contribution in [0.15, 0.2) is 60.9 Å². The van der Waals surface area contributed by atoms with Gasteiger partial charge in [-0.05, 0) is 29.7 Å². The highest BCUT2D eigenvalue weighted by Gasteiger charge is 2.09. The number of ketones is 1. The van der Waals surface area contributed by atoms with E-state index in [0.29, 0.717) is 25.3 Å². The van der Waals surface area contributed by atoms with Crippen molar-refractivity contribution >= 4 is 28.6 Å². The van der Waals surface area contributed by atoms with Gasteiger partial charge in [-0.25, -0.2) is 15.0 Å². The number of amidine groups is 1. The molecule has 0 unspecified atom stereocenters. The molecule has 0 saturated carbocycles. The molecule has 8 heteroatoms. The number of para-hydroxylation sites is 2. The first-order chi connectivity index (χ1) is 15.5. The van der Waals surface area contributed by atoms with Crippen molar-refractivity contribution in [3.8, 4) is 11.1 Å². The van der Waals surface area contributed by atoms with E-state index in [9.17, 15) is 4.79 Å². The SMILES string of the molecule is Cn1c(CNc2ncc(-c3cccc(CCC(=O)CC(=N)N)c3)cn2)nc2ccccc21. The number of aromatic nitrogens is 4. The fourth-order valence-corrected chi connectivity index (χ4v) is 3.57. The first kappa shape index (κ1) is 21.2. The lowest BCUT2D eigenvalue weighted by Gasteiger charge is -2.08. The molecule has 0 radical (unpaired) electrons. The molecule has 8 nitrogen and oxygen atoms in total. The molecule has 0 amide bonds. The molecule has 0 atom stereocenters. The van der Waals surface area contributed by atoms with Crippen LogP contribution in [0.25, 0.3) is 22.2 Å². The summed E-state index contributed by atoms with van der Waals surface area (Å²) < 4.78 is 2.06. The van der Waals surface area contributed by atoms with Crippen molar-refractivity contribution in [2.24, 2.45) is 12.8 Å². The Balaban J connectivity index is 1.39. The number of benzene rings is 2. The normalized spacial score (nSPS) is 10.9. The topological polar surface area (TPSA) is 123 Å². The van der Waals surface area contributed by atoms with E-state index in [2.05, 4.69) is 24.8 Å². The second-order valence-corrected chi connectivity index (χ2v) is 7.67. The maximum atomic E-state index is 11.8. The van der Waals surface area contributed by atoms with Crippen molar-refractivity contribution in [1.82, 2.24) is 19.5 Å². The van der Waals surface area contributed by atoms with Crippen LogP contribution in [0.4, 0.5) is 5.95 Å². The van der Waals surface area contributed by atoms with Crippen LogP contribution in [0.2, 0.25) is 0 Å². The Morgan fingerprint density at radius 1 is 1.09 bits per heavy atom. The molecule has 0 spiro atoms. The number of Topliss-reactive ketones (excluding diaryl/α,β-unsaturated/α-hetero) is 1. The molecule has 2 aromatic heterocycles. The van der Waals surface area contributed by atoms with Gasteiger partial charge in [0.25, 0.3) is 0 Å². The molecule has 0 aliphatic heterocycles. The fraction of sp³-hybridized carbons (Fsp3) is 0.208. The smallest absolute Gasteiger partial charge is 0.222 e. The highest BCUT2D eigenvalue weighted by molar-refractivity contribution is 5.98. The number of imidazole rings is 1. The number of nitrogens with two attached hydrogens (primary N) is 1. The second kappa shape index (κ2) is 9.38. The van der Waals surface area contributed by atoms with Crippen LogP contribution in [-0.4, -0.2) is 31.1 Å². The third kappa shape index (κ3) is 4.97. The summed E-state index contributed by atoms with van der Waals surface area (Å²) in [6.07, 6.45) is 4.55. The molecule has 0 fully saturated rings. The Morgan fingerprint density at radius 2 is 1.88 bits per heavy atom. The Kier molecular flexibility index (Phi) is 6.21. The summed E-state index contributed by atoms with van der Waals surface area (Å²) in [4.78, 5) is 25.3. The number of hydrogen-bond acceptors (Lipinski definition) is 6. The third-order valence-corrected chi connectivity index (χ3v) is 5.28. The molecule has 162 valence electrons. The van der Waals surface area contributed by atoms with Crippen LogP contribution in [0.3, 0.4) is 0 Å². The van der Waals surface area contributed by atoms with Crippen LogP contribution in [0.5, 0.6) is 0 Å². The van der Waals surface area contributed by atoms with E-state index in [1.807, 2.05) is 55.6 Å². The molecule has 0 saturated heterocycles. The molecule has 4 N–H and O–H groups in total. The lowest BCUT2D eigenvalue weighted by Crippen LogP contribution is -2.15. The summed E-state index contributed by atoms with van der Waals surface area (Å²) in [6, 6.07) is 16.0.